The van der Waals surface area contributed by atoms with Crippen molar-refractivity contribution in [1.82, 2.24) is 5.32 Å². The number of carbonyl (C=O) groups is 1. The molecule has 0 aromatic carbocycles. The molecule has 0 heterocycles. The van der Waals surface area contributed by atoms with Gasteiger partial charge in [-0.2, -0.15) is 0 Å². The third-order valence-corrected chi connectivity index (χ3v) is 13.5. The normalized spacial score (nSPS) is 28.5. The minimum absolute atomic E-state index is 0.0362. The van der Waals surface area contributed by atoms with E-state index < -0.39 is 0 Å². The summed E-state index contributed by atoms with van der Waals surface area (Å²) in [7, 11) is 0. The molecule has 7 N–H and O–H groups in total. The van der Waals surface area contributed by atoms with E-state index in [1.165, 1.54) is 51.4 Å². The van der Waals surface area contributed by atoms with E-state index in [1.54, 1.807) is 0 Å². The summed E-state index contributed by atoms with van der Waals surface area (Å²) in [5, 5.41) is 3.22. The molecule has 2 fully saturated rings. The number of rotatable bonds is 30. The summed E-state index contributed by atoms with van der Waals surface area (Å²) in [5.41, 5.74) is 17.8. The fourth-order valence-corrected chi connectivity index (χ4v) is 9.56. The molecule has 0 saturated heterocycles. The van der Waals surface area contributed by atoms with Crippen molar-refractivity contribution >= 4 is 5.91 Å². The highest BCUT2D eigenvalue weighted by atomic mass is 16.5. The van der Waals surface area contributed by atoms with Gasteiger partial charge in [0.15, 0.2) is 0 Å². The van der Waals surface area contributed by atoms with E-state index >= 15 is 0 Å². The highest BCUT2D eigenvalue weighted by Gasteiger charge is 2.53. The van der Waals surface area contributed by atoms with Crippen LogP contribution in [0.25, 0.3) is 0 Å². The van der Waals surface area contributed by atoms with Crippen molar-refractivity contribution < 1.29 is 19.0 Å². The van der Waals surface area contributed by atoms with Gasteiger partial charge in [0, 0.05) is 32.8 Å². The third kappa shape index (κ3) is 15.9. The Hall–Kier alpha value is -0.770. The molecule has 2 saturated carbocycles. The lowest BCUT2D eigenvalue weighted by atomic mass is 9.58. The van der Waals surface area contributed by atoms with Crippen LogP contribution in [0.3, 0.4) is 0 Å². The predicted molar refractivity (Wildman–Crippen MR) is 215 cm³/mol. The number of hydrogen-bond acceptors (Lipinski definition) is 7. The molecular weight excluding hydrogens is 636 g/mol. The van der Waals surface area contributed by atoms with Crippen LogP contribution in [0.4, 0.5) is 0 Å². The summed E-state index contributed by atoms with van der Waals surface area (Å²) < 4.78 is 19.8. The van der Waals surface area contributed by atoms with Crippen LogP contribution in [0.15, 0.2) is 0 Å². The second-order valence-electron chi connectivity index (χ2n) is 17.2. The summed E-state index contributed by atoms with van der Waals surface area (Å²) in [6.45, 7) is 19.4. The minimum atomic E-state index is 0.0362. The van der Waals surface area contributed by atoms with Gasteiger partial charge in [0.1, 0.15) is 0 Å². The number of nitrogens with one attached hydrogen (secondary N) is 1. The number of ether oxygens (including phenoxy) is 3. The molecule has 0 aliphatic heterocycles. The Morgan fingerprint density at radius 1 is 0.843 bits per heavy atom. The van der Waals surface area contributed by atoms with E-state index in [-0.39, 0.29) is 35.0 Å². The SMILES string of the molecule is CCCCCCCCNC(=O)CC[C@@H](C)[C@H]1CC[C@@H](C)[C@]1(C)[C@H](C[C@H]1C[C@H](OCCCN)CC[C@]1(C)CC[C@H](CC)OCCCN)OCCCN. The van der Waals surface area contributed by atoms with Gasteiger partial charge in [-0.05, 0) is 144 Å². The first-order chi connectivity index (χ1) is 24.6. The maximum absolute atomic E-state index is 12.9. The quantitative estimate of drug-likeness (QED) is 0.0546. The van der Waals surface area contributed by atoms with Crippen molar-refractivity contribution in [2.75, 3.05) is 46.0 Å². The van der Waals surface area contributed by atoms with E-state index in [0.29, 0.717) is 56.3 Å². The molecule has 2 rings (SSSR count). The summed E-state index contributed by atoms with van der Waals surface area (Å²) in [6, 6.07) is 0. The molecule has 8 nitrogen and oxygen atoms in total. The fourth-order valence-electron chi connectivity index (χ4n) is 9.56. The standard InChI is InChI=1S/C43H86N4O4/c1-7-9-10-11-12-13-28-47-41(48)20-17-34(3)39-19-18-35(4)43(39,6)40(51-31-16-27-46)33-36-32-38(50-30-15-26-45)22-24-42(36,5)23-21-37(8-2)49-29-14-25-44/h34-40H,7-33,44-46H2,1-6H3,(H,47,48)/t34-,35-,36-,37+,38-,39-,40+,42+,43+/m1/s1. The largest absolute Gasteiger partial charge is 0.378 e. The molecule has 0 bridgehead atoms. The summed E-state index contributed by atoms with van der Waals surface area (Å²) >= 11 is 0. The van der Waals surface area contributed by atoms with Crippen molar-refractivity contribution in [2.45, 2.75) is 188 Å². The van der Waals surface area contributed by atoms with E-state index in [2.05, 4.69) is 46.9 Å². The Kier molecular flexibility index (Phi) is 23.7. The number of hydrogen-bond donors (Lipinski definition) is 4. The lowest BCUT2D eigenvalue weighted by molar-refractivity contribution is -0.123. The van der Waals surface area contributed by atoms with Crippen LogP contribution in [-0.4, -0.2) is 70.2 Å². The molecule has 2 aliphatic carbocycles. The monoisotopic (exact) mass is 723 g/mol. The Balaban J connectivity index is 2.21. The van der Waals surface area contributed by atoms with Crippen LogP contribution in [0.1, 0.15) is 170 Å². The molecule has 0 aromatic heterocycles. The summed E-state index contributed by atoms with van der Waals surface area (Å²) in [5.74, 6) is 2.25. The smallest absolute Gasteiger partial charge is 0.220 e. The lowest BCUT2D eigenvalue weighted by Crippen LogP contribution is -2.48. The topological polar surface area (TPSA) is 135 Å². The van der Waals surface area contributed by atoms with Crippen LogP contribution in [0, 0.1) is 34.5 Å². The van der Waals surface area contributed by atoms with Gasteiger partial charge < -0.3 is 36.7 Å². The Labute approximate surface area is 315 Å². The van der Waals surface area contributed by atoms with E-state index in [4.69, 9.17) is 31.4 Å². The molecule has 2 aliphatic rings. The van der Waals surface area contributed by atoms with Crippen molar-refractivity contribution in [2.24, 2.45) is 51.7 Å². The second kappa shape index (κ2) is 26.1. The Morgan fingerprint density at radius 3 is 2.20 bits per heavy atom. The van der Waals surface area contributed by atoms with Gasteiger partial charge in [-0.1, -0.05) is 73.6 Å². The van der Waals surface area contributed by atoms with Gasteiger partial charge in [-0.25, -0.2) is 0 Å². The average Bonchev–Trinajstić information content (AvgIpc) is 3.43. The zero-order valence-electron chi connectivity index (χ0n) is 34.5. The van der Waals surface area contributed by atoms with Gasteiger partial charge in [0.2, 0.25) is 5.91 Å². The maximum atomic E-state index is 12.9. The van der Waals surface area contributed by atoms with E-state index in [1.807, 2.05) is 0 Å². The van der Waals surface area contributed by atoms with Crippen LogP contribution in [-0.2, 0) is 19.0 Å². The molecule has 0 radical (unpaired) electrons. The fraction of sp³-hybridized carbons (Fsp3) is 0.977. The van der Waals surface area contributed by atoms with Crippen molar-refractivity contribution in [3.8, 4) is 0 Å². The number of amides is 1. The molecule has 0 unspecified atom stereocenters. The van der Waals surface area contributed by atoms with E-state index in [9.17, 15) is 4.79 Å². The molecule has 51 heavy (non-hydrogen) atoms. The molecule has 0 aromatic rings. The molecule has 8 heteroatoms. The predicted octanol–water partition coefficient (Wildman–Crippen LogP) is 8.52. The molecule has 0 spiro atoms. The zero-order valence-corrected chi connectivity index (χ0v) is 34.5. The lowest BCUT2D eigenvalue weighted by Gasteiger charge is -2.50. The maximum Gasteiger partial charge on any atom is 0.220 e. The summed E-state index contributed by atoms with van der Waals surface area (Å²) in [6.07, 6.45) is 22.5. The number of carbonyl (C=O) groups excluding carboxylic acids is 1. The van der Waals surface area contributed by atoms with Gasteiger partial charge >= 0.3 is 0 Å². The van der Waals surface area contributed by atoms with Crippen molar-refractivity contribution in [1.29, 1.82) is 0 Å². The number of nitrogens with two attached hydrogens (primary N) is 3. The van der Waals surface area contributed by atoms with Crippen LogP contribution in [0.2, 0.25) is 0 Å². The highest BCUT2D eigenvalue weighted by Crippen LogP contribution is 2.57. The Morgan fingerprint density at radius 2 is 1.51 bits per heavy atom. The van der Waals surface area contributed by atoms with Gasteiger partial charge in [-0.15, -0.1) is 0 Å². The highest BCUT2D eigenvalue weighted by molar-refractivity contribution is 5.75. The van der Waals surface area contributed by atoms with Gasteiger partial charge in [0.25, 0.3) is 0 Å². The molecule has 9 atom stereocenters. The molecular formula is C43H86N4O4. The van der Waals surface area contributed by atoms with E-state index in [0.717, 1.165) is 90.4 Å². The van der Waals surface area contributed by atoms with Crippen molar-refractivity contribution in [3.63, 3.8) is 0 Å². The molecule has 1 amide bonds. The first-order valence-electron chi connectivity index (χ1n) is 21.8. The van der Waals surface area contributed by atoms with Crippen LogP contribution >= 0.6 is 0 Å². The second-order valence-corrected chi connectivity index (χ2v) is 17.2. The van der Waals surface area contributed by atoms with Crippen molar-refractivity contribution in [3.05, 3.63) is 0 Å². The van der Waals surface area contributed by atoms with Crippen LogP contribution in [0.5, 0.6) is 0 Å². The third-order valence-electron chi connectivity index (χ3n) is 13.5. The zero-order chi connectivity index (χ0) is 37.5. The number of unbranched alkanes of at least 4 members (excludes halogenated alkanes) is 5. The van der Waals surface area contributed by atoms with Crippen LogP contribution < -0.4 is 22.5 Å². The first-order valence-corrected chi connectivity index (χ1v) is 21.8. The molecule has 302 valence electrons. The average molecular weight is 723 g/mol. The minimum Gasteiger partial charge on any atom is -0.378 e. The van der Waals surface area contributed by atoms with Gasteiger partial charge in [-0.3, -0.25) is 4.79 Å². The summed E-state index contributed by atoms with van der Waals surface area (Å²) in [4.78, 5) is 12.9. The first kappa shape index (κ1) is 46.4. The Bertz CT molecular complexity index is 894. The van der Waals surface area contributed by atoms with Gasteiger partial charge in [0.05, 0.1) is 18.3 Å².